The van der Waals surface area contributed by atoms with Crippen LogP contribution in [0.1, 0.15) is 22.1 Å². The van der Waals surface area contributed by atoms with Crippen molar-refractivity contribution in [1.82, 2.24) is 0 Å². The topological polar surface area (TPSA) is 18.5 Å². The van der Waals surface area contributed by atoms with Gasteiger partial charge in [0.05, 0.1) is 19.6 Å². The van der Waals surface area contributed by atoms with Gasteiger partial charge < -0.3 is 9.47 Å². The highest BCUT2D eigenvalue weighted by molar-refractivity contribution is 9.10. The highest BCUT2D eigenvalue weighted by Gasteiger charge is 2.20. The summed E-state index contributed by atoms with van der Waals surface area (Å²) < 4.78 is 25.3. The lowest BCUT2D eigenvalue weighted by Gasteiger charge is -2.17. The smallest absolute Gasteiger partial charge is 0.161 e. The van der Waals surface area contributed by atoms with Crippen molar-refractivity contribution in [3.8, 4) is 11.5 Å². The zero-order valence-electron chi connectivity index (χ0n) is 11.9. The molecular formula is C16H15BrClFO2. The highest BCUT2D eigenvalue weighted by atomic mass is 79.9. The number of benzene rings is 2. The maximum absolute atomic E-state index is 14.0. The minimum absolute atomic E-state index is 0.340. The fraction of sp³-hybridized carbons (Fsp3) is 0.250. The largest absolute Gasteiger partial charge is 0.493 e. The average molecular weight is 374 g/mol. The van der Waals surface area contributed by atoms with Gasteiger partial charge in [-0.1, -0.05) is 15.9 Å². The molecule has 0 saturated carbocycles. The lowest BCUT2D eigenvalue weighted by atomic mass is 9.99. The molecule has 0 saturated heterocycles. The standard InChI is InChI=1S/C16H15BrClFO2/c1-9-6-14(20-2)15(21-3)8-11(9)16(18)12-7-10(17)4-5-13(12)19/h4-8,16H,1-3H3. The molecule has 2 aromatic carbocycles. The summed E-state index contributed by atoms with van der Waals surface area (Å²) in [4.78, 5) is 0. The molecule has 0 heterocycles. The Balaban J connectivity index is 2.52. The monoisotopic (exact) mass is 372 g/mol. The molecule has 0 aliphatic heterocycles. The molecule has 0 aromatic heterocycles. The maximum atomic E-state index is 14.0. The average Bonchev–Trinajstić information content (AvgIpc) is 2.48. The van der Waals surface area contributed by atoms with Crippen LogP contribution in [0.4, 0.5) is 4.39 Å². The summed E-state index contributed by atoms with van der Waals surface area (Å²) in [5.74, 6) is 0.851. The molecule has 0 N–H and O–H groups in total. The number of hydrogen-bond acceptors (Lipinski definition) is 2. The zero-order chi connectivity index (χ0) is 15.6. The van der Waals surface area contributed by atoms with E-state index in [1.807, 2.05) is 13.0 Å². The minimum atomic E-state index is -0.609. The first-order chi connectivity index (χ1) is 9.97. The quantitative estimate of drug-likeness (QED) is 0.682. The fourth-order valence-electron chi connectivity index (χ4n) is 2.15. The van der Waals surface area contributed by atoms with E-state index in [4.69, 9.17) is 21.1 Å². The van der Waals surface area contributed by atoms with Gasteiger partial charge in [-0.2, -0.15) is 0 Å². The van der Waals surface area contributed by atoms with E-state index in [1.54, 1.807) is 32.4 Å². The van der Waals surface area contributed by atoms with Crippen molar-refractivity contribution in [2.24, 2.45) is 0 Å². The number of methoxy groups -OCH3 is 2. The first-order valence-corrected chi connectivity index (χ1v) is 7.52. The molecule has 2 aromatic rings. The summed E-state index contributed by atoms with van der Waals surface area (Å²) in [5.41, 5.74) is 2.11. The third kappa shape index (κ3) is 3.33. The molecule has 0 amide bonds. The van der Waals surface area contributed by atoms with Crippen LogP contribution in [-0.4, -0.2) is 14.2 Å². The molecule has 1 unspecified atom stereocenters. The number of aryl methyl sites for hydroxylation is 1. The van der Waals surface area contributed by atoms with Gasteiger partial charge in [0.1, 0.15) is 5.82 Å². The Hall–Kier alpha value is -1.26. The minimum Gasteiger partial charge on any atom is -0.493 e. The molecule has 112 valence electrons. The fourth-order valence-corrected chi connectivity index (χ4v) is 2.93. The molecule has 0 aliphatic carbocycles. The molecule has 0 aliphatic rings. The normalized spacial score (nSPS) is 12.1. The first kappa shape index (κ1) is 16.1. The van der Waals surface area contributed by atoms with Gasteiger partial charge in [0.25, 0.3) is 0 Å². The predicted molar refractivity (Wildman–Crippen MR) is 86.1 cm³/mol. The van der Waals surface area contributed by atoms with Crippen molar-refractivity contribution < 1.29 is 13.9 Å². The summed E-state index contributed by atoms with van der Waals surface area (Å²) in [6, 6.07) is 8.34. The van der Waals surface area contributed by atoms with Crippen molar-refractivity contribution in [3.63, 3.8) is 0 Å². The number of ether oxygens (including phenoxy) is 2. The van der Waals surface area contributed by atoms with Crippen molar-refractivity contribution >= 4 is 27.5 Å². The van der Waals surface area contributed by atoms with Crippen LogP contribution in [0.2, 0.25) is 0 Å². The van der Waals surface area contributed by atoms with Crippen molar-refractivity contribution in [2.75, 3.05) is 14.2 Å². The van der Waals surface area contributed by atoms with E-state index in [1.165, 1.54) is 6.07 Å². The van der Waals surface area contributed by atoms with Crippen LogP contribution in [0.5, 0.6) is 11.5 Å². The lowest BCUT2D eigenvalue weighted by molar-refractivity contribution is 0.354. The molecule has 0 fully saturated rings. The second-order valence-corrected chi connectivity index (χ2v) is 5.94. The lowest BCUT2D eigenvalue weighted by Crippen LogP contribution is -2.01. The molecule has 0 radical (unpaired) electrons. The van der Waals surface area contributed by atoms with Crippen molar-refractivity contribution in [2.45, 2.75) is 12.3 Å². The molecular weight excluding hydrogens is 359 g/mol. The van der Waals surface area contributed by atoms with Crippen LogP contribution in [0.15, 0.2) is 34.8 Å². The Morgan fingerprint density at radius 1 is 1.05 bits per heavy atom. The summed E-state index contributed by atoms with van der Waals surface area (Å²) in [6.45, 7) is 1.91. The maximum Gasteiger partial charge on any atom is 0.161 e. The van der Waals surface area contributed by atoms with E-state index in [-0.39, 0.29) is 5.82 Å². The summed E-state index contributed by atoms with van der Waals surface area (Å²) in [7, 11) is 3.13. The Labute approximate surface area is 137 Å². The van der Waals surface area contributed by atoms with Gasteiger partial charge in [-0.05, 0) is 48.4 Å². The van der Waals surface area contributed by atoms with Crippen LogP contribution in [0, 0.1) is 12.7 Å². The molecule has 0 spiro atoms. The molecule has 1 atom stereocenters. The van der Waals surface area contributed by atoms with Crippen LogP contribution < -0.4 is 9.47 Å². The summed E-state index contributed by atoms with van der Waals surface area (Å²) in [5, 5.41) is -0.609. The van der Waals surface area contributed by atoms with Crippen LogP contribution >= 0.6 is 27.5 Å². The molecule has 5 heteroatoms. The number of hydrogen-bond donors (Lipinski definition) is 0. The van der Waals surface area contributed by atoms with Gasteiger partial charge in [-0.3, -0.25) is 0 Å². The van der Waals surface area contributed by atoms with E-state index in [2.05, 4.69) is 15.9 Å². The van der Waals surface area contributed by atoms with Crippen LogP contribution in [0.25, 0.3) is 0 Å². The highest BCUT2D eigenvalue weighted by Crippen LogP contribution is 2.39. The molecule has 0 bridgehead atoms. The van der Waals surface area contributed by atoms with E-state index in [0.29, 0.717) is 17.1 Å². The van der Waals surface area contributed by atoms with Gasteiger partial charge in [-0.15, -0.1) is 11.6 Å². The van der Waals surface area contributed by atoms with Gasteiger partial charge in [0, 0.05) is 10.0 Å². The molecule has 21 heavy (non-hydrogen) atoms. The van der Waals surface area contributed by atoms with E-state index in [0.717, 1.165) is 15.6 Å². The Morgan fingerprint density at radius 2 is 1.67 bits per heavy atom. The molecule has 2 nitrogen and oxygen atoms in total. The molecule has 2 rings (SSSR count). The van der Waals surface area contributed by atoms with Crippen molar-refractivity contribution in [3.05, 3.63) is 57.3 Å². The zero-order valence-corrected chi connectivity index (χ0v) is 14.3. The van der Waals surface area contributed by atoms with Gasteiger partial charge >= 0.3 is 0 Å². The summed E-state index contributed by atoms with van der Waals surface area (Å²) >= 11 is 9.82. The number of halogens is 3. The Bertz CT molecular complexity index is 661. The second kappa shape index (κ2) is 6.67. The van der Waals surface area contributed by atoms with Crippen molar-refractivity contribution in [1.29, 1.82) is 0 Å². The van der Waals surface area contributed by atoms with Gasteiger partial charge in [0.2, 0.25) is 0 Å². The summed E-state index contributed by atoms with van der Waals surface area (Å²) in [6.07, 6.45) is 0. The predicted octanol–water partition coefficient (Wildman–Crippen LogP) is 5.24. The third-order valence-electron chi connectivity index (χ3n) is 3.28. The van der Waals surface area contributed by atoms with E-state index >= 15 is 0 Å². The Morgan fingerprint density at radius 3 is 2.29 bits per heavy atom. The third-order valence-corrected chi connectivity index (χ3v) is 4.24. The Kier molecular flexibility index (Phi) is 5.12. The SMILES string of the molecule is COc1cc(C)c(C(Cl)c2cc(Br)ccc2F)cc1OC. The number of rotatable bonds is 4. The first-order valence-electron chi connectivity index (χ1n) is 6.29. The van der Waals surface area contributed by atoms with E-state index < -0.39 is 5.38 Å². The van der Waals surface area contributed by atoms with E-state index in [9.17, 15) is 4.39 Å². The second-order valence-electron chi connectivity index (χ2n) is 4.59. The van der Waals surface area contributed by atoms with Gasteiger partial charge in [-0.25, -0.2) is 4.39 Å². The van der Waals surface area contributed by atoms with Gasteiger partial charge in [0.15, 0.2) is 11.5 Å². The number of alkyl halides is 1. The van der Waals surface area contributed by atoms with Crippen LogP contribution in [0.3, 0.4) is 0 Å². The van der Waals surface area contributed by atoms with Crippen LogP contribution in [-0.2, 0) is 0 Å².